The molecule has 0 N–H and O–H groups in total. The van der Waals surface area contributed by atoms with E-state index in [0.717, 1.165) is 0 Å². The fourth-order valence-corrected chi connectivity index (χ4v) is 1.52. The predicted molar refractivity (Wildman–Crippen MR) is 59.1 cm³/mol. The molecule has 0 aliphatic carbocycles. The molecule has 1 aromatic carbocycles. The molecule has 0 unspecified atom stereocenters. The lowest BCUT2D eigenvalue weighted by molar-refractivity contribution is 0.624. The van der Waals surface area contributed by atoms with Crippen LogP contribution < -0.4 is 0 Å². The van der Waals surface area contributed by atoms with Gasteiger partial charge < -0.3 is 0 Å². The summed E-state index contributed by atoms with van der Waals surface area (Å²) in [6, 6.07) is 9.49. The van der Waals surface area contributed by atoms with Gasteiger partial charge in [0, 0.05) is 18.0 Å². The van der Waals surface area contributed by atoms with Gasteiger partial charge in [0.15, 0.2) is 0 Å². The number of benzene rings is 1. The number of halogens is 1. The highest BCUT2D eigenvalue weighted by atomic mass is 19.1. The van der Waals surface area contributed by atoms with Crippen LogP contribution in [0.5, 0.6) is 0 Å². The number of aromatic nitrogens is 1. The summed E-state index contributed by atoms with van der Waals surface area (Å²) in [7, 11) is 0. The second-order valence-corrected chi connectivity index (χ2v) is 3.34. The average Bonchev–Trinajstić information content (AvgIpc) is 2.39. The van der Waals surface area contributed by atoms with E-state index in [4.69, 9.17) is 10.5 Å². The quantitative estimate of drug-likeness (QED) is 0.746. The Bertz CT molecular complexity index is 636. The lowest BCUT2D eigenvalue weighted by Crippen LogP contribution is -1.91. The predicted octanol–water partition coefficient (Wildman–Crippen LogP) is 2.63. The van der Waals surface area contributed by atoms with Crippen LogP contribution in [0.4, 0.5) is 4.39 Å². The summed E-state index contributed by atoms with van der Waals surface area (Å²) in [5.74, 6) is -0.627. The first kappa shape index (κ1) is 10.8. The third-order valence-corrected chi connectivity index (χ3v) is 2.34. The van der Waals surface area contributed by atoms with Crippen molar-refractivity contribution >= 4 is 0 Å². The van der Waals surface area contributed by atoms with Crippen molar-refractivity contribution < 1.29 is 4.39 Å². The lowest BCUT2D eigenvalue weighted by Gasteiger charge is -2.05. The van der Waals surface area contributed by atoms with E-state index in [9.17, 15) is 4.39 Å². The van der Waals surface area contributed by atoms with Gasteiger partial charge in [0.2, 0.25) is 0 Å². The first-order valence-corrected chi connectivity index (χ1v) is 4.80. The Hall–Kier alpha value is -2.72. The molecule has 2 rings (SSSR count). The monoisotopic (exact) mass is 223 g/mol. The van der Waals surface area contributed by atoms with Gasteiger partial charge in [-0.15, -0.1) is 0 Å². The zero-order chi connectivity index (χ0) is 12.3. The second kappa shape index (κ2) is 4.42. The number of hydrogen-bond acceptors (Lipinski definition) is 3. The molecule has 0 aliphatic rings. The molecule has 80 valence electrons. The summed E-state index contributed by atoms with van der Waals surface area (Å²) in [4.78, 5) is 3.85. The highest BCUT2D eigenvalue weighted by molar-refractivity contribution is 5.71. The Kier molecular flexibility index (Phi) is 2.81. The molecule has 1 heterocycles. The molecule has 0 saturated carbocycles. The van der Waals surface area contributed by atoms with E-state index in [1.807, 2.05) is 6.07 Å². The topological polar surface area (TPSA) is 60.5 Å². The highest BCUT2D eigenvalue weighted by Gasteiger charge is 2.10. The Morgan fingerprint density at radius 3 is 2.24 bits per heavy atom. The summed E-state index contributed by atoms with van der Waals surface area (Å²) in [5.41, 5.74) is 1.31. The van der Waals surface area contributed by atoms with Crippen LogP contribution >= 0.6 is 0 Å². The van der Waals surface area contributed by atoms with Gasteiger partial charge in [-0.05, 0) is 29.8 Å². The van der Waals surface area contributed by atoms with E-state index in [0.29, 0.717) is 11.1 Å². The molecular weight excluding hydrogens is 217 g/mol. The van der Waals surface area contributed by atoms with Crippen LogP contribution in [0, 0.1) is 28.5 Å². The molecule has 0 fully saturated rings. The number of hydrogen-bond donors (Lipinski definition) is 0. The van der Waals surface area contributed by atoms with Gasteiger partial charge >= 0.3 is 0 Å². The summed E-state index contributed by atoms with van der Waals surface area (Å²) in [5, 5.41) is 17.7. The van der Waals surface area contributed by atoms with Crippen LogP contribution in [0.3, 0.4) is 0 Å². The maximum Gasteiger partial charge on any atom is 0.141 e. The summed E-state index contributed by atoms with van der Waals surface area (Å²) in [6.45, 7) is 0. The Balaban J connectivity index is 2.68. The zero-order valence-electron chi connectivity index (χ0n) is 8.68. The van der Waals surface area contributed by atoms with Crippen molar-refractivity contribution in [3.63, 3.8) is 0 Å². The van der Waals surface area contributed by atoms with E-state index in [-0.39, 0.29) is 11.1 Å². The van der Waals surface area contributed by atoms with Crippen LogP contribution in [-0.4, -0.2) is 4.98 Å². The van der Waals surface area contributed by atoms with Crippen LogP contribution in [0.1, 0.15) is 11.1 Å². The van der Waals surface area contributed by atoms with E-state index in [1.54, 1.807) is 30.6 Å². The van der Waals surface area contributed by atoms with Crippen molar-refractivity contribution in [3.8, 4) is 23.3 Å². The van der Waals surface area contributed by atoms with Gasteiger partial charge in [-0.25, -0.2) is 4.39 Å². The second-order valence-electron chi connectivity index (χ2n) is 3.34. The molecule has 3 nitrogen and oxygen atoms in total. The largest absolute Gasteiger partial charge is 0.265 e. The molecule has 4 heteroatoms. The minimum absolute atomic E-state index is 0.126. The number of nitriles is 2. The van der Waals surface area contributed by atoms with Gasteiger partial charge in [-0.1, -0.05) is 0 Å². The summed E-state index contributed by atoms with van der Waals surface area (Å²) >= 11 is 0. The van der Waals surface area contributed by atoms with E-state index >= 15 is 0 Å². The smallest absolute Gasteiger partial charge is 0.141 e. The Morgan fingerprint density at radius 2 is 1.65 bits per heavy atom. The van der Waals surface area contributed by atoms with Gasteiger partial charge in [0.05, 0.1) is 17.2 Å². The van der Waals surface area contributed by atoms with Crippen LogP contribution in [0.15, 0.2) is 36.7 Å². The van der Waals surface area contributed by atoms with Crippen LogP contribution in [0.2, 0.25) is 0 Å². The first-order valence-electron chi connectivity index (χ1n) is 4.80. The lowest BCUT2D eigenvalue weighted by atomic mass is 9.99. The van der Waals surface area contributed by atoms with E-state index in [1.165, 1.54) is 12.1 Å². The number of nitrogens with zero attached hydrogens (tertiary/aromatic N) is 3. The molecule has 0 radical (unpaired) electrons. The average molecular weight is 223 g/mol. The molecule has 17 heavy (non-hydrogen) atoms. The molecule has 0 bridgehead atoms. The Labute approximate surface area is 97.4 Å². The maximum atomic E-state index is 13.5. The van der Waals surface area contributed by atoms with Gasteiger partial charge in [-0.2, -0.15) is 10.5 Å². The van der Waals surface area contributed by atoms with Crippen molar-refractivity contribution in [2.24, 2.45) is 0 Å². The minimum Gasteiger partial charge on any atom is -0.265 e. The molecular formula is C13H6FN3. The molecule has 0 spiro atoms. The van der Waals surface area contributed by atoms with Gasteiger partial charge in [-0.3, -0.25) is 4.98 Å². The fraction of sp³-hybridized carbons (Fsp3) is 0. The molecule has 1 aromatic heterocycles. The maximum absolute atomic E-state index is 13.5. The third kappa shape index (κ3) is 1.97. The van der Waals surface area contributed by atoms with Crippen molar-refractivity contribution in [2.45, 2.75) is 0 Å². The van der Waals surface area contributed by atoms with Crippen molar-refractivity contribution in [1.29, 1.82) is 10.5 Å². The molecule has 0 aliphatic heterocycles. The number of rotatable bonds is 1. The SMILES string of the molecule is N#Cc1cc(C#N)c(-c2ccncc2)cc1F. The zero-order valence-corrected chi connectivity index (χ0v) is 8.68. The van der Waals surface area contributed by atoms with E-state index in [2.05, 4.69) is 4.98 Å². The third-order valence-electron chi connectivity index (χ3n) is 2.34. The Morgan fingerprint density at radius 1 is 1.00 bits per heavy atom. The van der Waals surface area contributed by atoms with Crippen molar-refractivity contribution in [2.75, 3.05) is 0 Å². The standard InChI is InChI=1S/C13H6FN3/c14-13-6-12(9-1-3-17-4-2-9)10(7-15)5-11(13)8-16/h1-6H. The highest BCUT2D eigenvalue weighted by Crippen LogP contribution is 2.25. The fourth-order valence-electron chi connectivity index (χ4n) is 1.52. The first-order chi connectivity index (χ1) is 8.26. The molecule has 0 atom stereocenters. The van der Waals surface area contributed by atoms with E-state index < -0.39 is 5.82 Å². The van der Waals surface area contributed by atoms with Crippen LogP contribution in [0.25, 0.3) is 11.1 Å². The summed E-state index contributed by atoms with van der Waals surface area (Å²) < 4.78 is 13.5. The minimum atomic E-state index is -0.627. The van der Waals surface area contributed by atoms with Crippen LogP contribution in [-0.2, 0) is 0 Å². The summed E-state index contributed by atoms with van der Waals surface area (Å²) in [6.07, 6.45) is 3.12. The number of pyridine rings is 1. The van der Waals surface area contributed by atoms with Crippen molar-refractivity contribution in [1.82, 2.24) is 4.98 Å². The normalized spacial score (nSPS) is 9.35. The van der Waals surface area contributed by atoms with Gasteiger partial charge in [0.1, 0.15) is 11.9 Å². The molecule has 2 aromatic rings. The molecule has 0 saturated heterocycles. The van der Waals surface area contributed by atoms with Crippen molar-refractivity contribution in [3.05, 3.63) is 53.6 Å². The van der Waals surface area contributed by atoms with Gasteiger partial charge in [0.25, 0.3) is 0 Å². The molecule has 0 amide bonds.